The van der Waals surface area contributed by atoms with Crippen LogP contribution in [0, 0.1) is 6.92 Å². The zero-order valence-corrected chi connectivity index (χ0v) is 17.9. The predicted octanol–water partition coefficient (Wildman–Crippen LogP) is 2.34. The quantitative estimate of drug-likeness (QED) is 0.380. The van der Waals surface area contributed by atoms with E-state index in [0.29, 0.717) is 18.8 Å². The van der Waals surface area contributed by atoms with E-state index in [0.717, 1.165) is 12.8 Å². The fraction of sp³-hybridized carbons (Fsp3) is 0.435. The summed E-state index contributed by atoms with van der Waals surface area (Å²) < 4.78 is 11.3. The molecule has 8 nitrogen and oxygen atoms in total. The lowest BCUT2D eigenvalue weighted by Crippen LogP contribution is -2.41. The zero-order chi connectivity index (χ0) is 22.7. The molecule has 3 N–H and O–H groups in total. The third kappa shape index (κ3) is 2.96. The first-order valence-electron chi connectivity index (χ1n) is 10.2. The van der Waals surface area contributed by atoms with Crippen molar-refractivity contribution >= 4 is 17.3 Å². The largest absolute Gasteiger partial charge is 0.507 e. The molecule has 1 fully saturated rings. The lowest BCUT2D eigenvalue weighted by Gasteiger charge is -2.29. The van der Waals surface area contributed by atoms with Gasteiger partial charge in [-0.3, -0.25) is 14.4 Å². The van der Waals surface area contributed by atoms with Crippen LogP contribution < -0.4 is 10.1 Å². The molecule has 0 unspecified atom stereocenters. The van der Waals surface area contributed by atoms with Gasteiger partial charge in [-0.05, 0) is 40.5 Å². The average Bonchev–Trinajstić information content (AvgIpc) is 3.31. The molecule has 4 rings (SSSR count). The Morgan fingerprint density at radius 3 is 2.58 bits per heavy atom. The van der Waals surface area contributed by atoms with Crippen molar-refractivity contribution in [2.75, 3.05) is 13.2 Å². The number of benzene rings is 1. The van der Waals surface area contributed by atoms with Crippen LogP contribution in [0.2, 0.25) is 0 Å². The number of allylic oxidation sites excluding steroid dienone is 4. The number of carbonyl (C=O) groups excluding carboxylic acids is 3. The molecular weight excluding hydrogens is 402 g/mol. The van der Waals surface area contributed by atoms with E-state index < -0.39 is 28.5 Å². The number of hydrogen-bond donors (Lipinski definition) is 3. The Morgan fingerprint density at radius 2 is 1.97 bits per heavy atom. The molecule has 2 heterocycles. The number of Topliss-reactive ketones (excluding diaryl/α,β-unsaturated/α-hetero) is 2. The molecule has 2 aliphatic heterocycles. The molecule has 0 radical (unpaired) electrons. The first kappa shape index (κ1) is 21.1. The molecule has 1 saturated heterocycles. The van der Waals surface area contributed by atoms with Crippen molar-refractivity contribution in [1.82, 2.24) is 5.32 Å². The van der Waals surface area contributed by atoms with Gasteiger partial charge >= 0.3 is 0 Å². The van der Waals surface area contributed by atoms with Gasteiger partial charge in [0, 0.05) is 30.5 Å². The van der Waals surface area contributed by atoms with Gasteiger partial charge in [0.15, 0.2) is 17.3 Å². The van der Waals surface area contributed by atoms with Crippen LogP contribution in [-0.2, 0) is 19.7 Å². The number of phenolic OH excluding ortho intramolecular Hbond substituents is 2. The Labute approximate surface area is 179 Å². The second-order valence-electron chi connectivity index (χ2n) is 8.40. The van der Waals surface area contributed by atoms with Crippen molar-refractivity contribution in [3.8, 4) is 17.2 Å². The van der Waals surface area contributed by atoms with Crippen LogP contribution in [0.1, 0.15) is 55.1 Å². The SMILES string of the molecule is CC(=O)c1c(O)c(C)c(O)c2c1OC1=CC(=O)/C(=C(/C)NC[C@H]3CCCO3)C(=O)[C@@]12C. The lowest BCUT2D eigenvalue weighted by molar-refractivity contribution is -0.123. The van der Waals surface area contributed by atoms with Crippen molar-refractivity contribution in [2.24, 2.45) is 0 Å². The van der Waals surface area contributed by atoms with Crippen molar-refractivity contribution in [3.63, 3.8) is 0 Å². The molecule has 31 heavy (non-hydrogen) atoms. The molecule has 1 aromatic rings. The summed E-state index contributed by atoms with van der Waals surface area (Å²) in [5.74, 6) is -2.35. The molecule has 8 heteroatoms. The highest BCUT2D eigenvalue weighted by atomic mass is 16.5. The Balaban J connectivity index is 1.83. The number of fused-ring (bicyclic) bond motifs is 3. The minimum absolute atomic E-state index is 0.0226. The van der Waals surface area contributed by atoms with E-state index in [2.05, 4.69) is 5.32 Å². The molecule has 1 aromatic carbocycles. The Hall–Kier alpha value is -3.13. The molecule has 3 aliphatic rings. The zero-order valence-electron chi connectivity index (χ0n) is 17.9. The van der Waals surface area contributed by atoms with Crippen molar-refractivity contribution < 1.29 is 34.1 Å². The standard InChI is InChI=1S/C23H25NO7/c1-10-19(27)17(12(3)25)21-18(20(10)28)23(4)15(31-21)8-14(26)16(22(23)29)11(2)24-9-13-6-5-7-30-13/h8,13,24,27-28H,5-7,9H2,1-4H3/b16-11+/t13-,23+/m1/s1. The number of ketones is 3. The third-order valence-corrected chi connectivity index (χ3v) is 6.38. The van der Waals surface area contributed by atoms with Crippen LogP contribution in [0.4, 0.5) is 0 Å². The van der Waals surface area contributed by atoms with Gasteiger partial charge in [0.05, 0.1) is 17.2 Å². The van der Waals surface area contributed by atoms with Crippen LogP contribution in [0.15, 0.2) is 23.1 Å². The fourth-order valence-corrected chi connectivity index (χ4v) is 4.52. The van der Waals surface area contributed by atoms with Crippen LogP contribution in [0.25, 0.3) is 0 Å². The van der Waals surface area contributed by atoms with E-state index in [9.17, 15) is 24.6 Å². The molecule has 164 valence electrons. The van der Waals surface area contributed by atoms with E-state index in [-0.39, 0.29) is 45.6 Å². The first-order valence-corrected chi connectivity index (χ1v) is 10.2. The molecule has 0 bridgehead atoms. The third-order valence-electron chi connectivity index (χ3n) is 6.38. The number of carbonyl (C=O) groups is 3. The van der Waals surface area contributed by atoms with Crippen LogP contribution in [-0.4, -0.2) is 46.8 Å². The van der Waals surface area contributed by atoms with Crippen molar-refractivity contribution in [1.29, 1.82) is 0 Å². The van der Waals surface area contributed by atoms with E-state index in [4.69, 9.17) is 9.47 Å². The molecule has 0 spiro atoms. The van der Waals surface area contributed by atoms with Crippen molar-refractivity contribution in [2.45, 2.75) is 52.1 Å². The first-order chi connectivity index (χ1) is 14.6. The van der Waals surface area contributed by atoms with E-state index in [1.807, 2.05) is 0 Å². The van der Waals surface area contributed by atoms with Gasteiger partial charge in [0.25, 0.3) is 0 Å². The summed E-state index contributed by atoms with van der Waals surface area (Å²) in [6, 6.07) is 0. The molecule has 0 saturated carbocycles. The van der Waals surface area contributed by atoms with Gasteiger partial charge in [-0.25, -0.2) is 0 Å². The second-order valence-corrected chi connectivity index (χ2v) is 8.40. The number of nitrogens with one attached hydrogen (secondary N) is 1. The maximum Gasteiger partial charge on any atom is 0.194 e. The maximum absolute atomic E-state index is 13.6. The Kier molecular flexibility index (Phi) is 4.93. The highest BCUT2D eigenvalue weighted by Gasteiger charge is 2.56. The Bertz CT molecular complexity index is 1090. The van der Waals surface area contributed by atoms with Gasteiger partial charge in [0.2, 0.25) is 0 Å². The maximum atomic E-state index is 13.6. The normalized spacial score (nSPS) is 26.2. The molecular formula is C23H25NO7. The van der Waals surface area contributed by atoms with E-state index >= 15 is 0 Å². The Morgan fingerprint density at radius 1 is 1.26 bits per heavy atom. The minimum Gasteiger partial charge on any atom is -0.507 e. The summed E-state index contributed by atoms with van der Waals surface area (Å²) in [7, 11) is 0. The summed E-state index contributed by atoms with van der Waals surface area (Å²) in [6.45, 7) is 7.08. The highest BCUT2D eigenvalue weighted by molar-refractivity contribution is 6.31. The van der Waals surface area contributed by atoms with E-state index in [1.54, 1.807) is 13.8 Å². The number of hydrogen-bond acceptors (Lipinski definition) is 8. The van der Waals surface area contributed by atoms with E-state index in [1.165, 1.54) is 19.9 Å². The van der Waals surface area contributed by atoms with Gasteiger partial charge in [-0.15, -0.1) is 0 Å². The average molecular weight is 427 g/mol. The molecule has 1 aliphatic carbocycles. The predicted molar refractivity (Wildman–Crippen MR) is 110 cm³/mol. The van der Waals surface area contributed by atoms with Gasteiger partial charge in [-0.1, -0.05) is 0 Å². The number of aromatic hydroxyl groups is 2. The van der Waals surface area contributed by atoms with Gasteiger partial charge < -0.3 is 25.0 Å². The lowest BCUT2D eigenvalue weighted by atomic mass is 9.70. The van der Waals surface area contributed by atoms with Gasteiger partial charge in [0.1, 0.15) is 34.0 Å². The number of rotatable bonds is 4. The van der Waals surface area contributed by atoms with Crippen LogP contribution >= 0.6 is 0 Å². The number of ether oxygens (including phenoxy) is 2. The van der Waals surface area contributed by atoms with Gasteiger partial charge in [-0.2, -0.15) is 0 Å². The highest BCUT2D eigenvalue weighted by Crippen LogP contribution is 2.57. The summed E-state index contributed by atoms with van der Waals surface area (Å²) in [5.41, 5.74) is -1.09. The topological polar surface area (TPSA) is 122 Å². The van der Waals surface area contributed by atoms with Crippen molar-refractivity contribution in [3.05, 3.63) is 39.8 Å². The number of phenols is 2. The summed E-state index contributed by atoms with van der Waals surface area (Å²) in [6.07, 6.45) is 3.12. The second kappa shape index (κ2) is 7.23. The molecule has 2 atom stereocenters. The summed E-state index contributed by atoms with van der Waals surface area (Å²) in [5, 5.41) is 24.3. The summed E-state index contributed by atoms with van der Waals surface area (Å²) >= 11 is 0. The molecule has 0 amide bonds. The minimum atomic E-state index is -1.50. The summed E-state index contributed by atoms with van der Waals surface area (Å²) in [4.78, 5) is 38.7. The van der Waals surface area contributed by atoms with Crippen LogP contribution in [0.5, 0.6) is 17.2 Å². The fourth-order valence-electron chi connectivity index (χ4n) is 4.52. The molecule has 0 aromatic heterocycles. The monoisotopic (exact) mass is 427 g/mol. The van der Waals surface area contributed by atoms with Crippen LogP contribution in [0.3, 0.4) is 0 Å². The smallest absolute Gasteiger partial charge is 0.194 e.